The zero-order valence-electron chi connectivity index (χ0n) is 3.63. The van der Waals surface area contributed by atoms with Gasteiger partial charge in [-0.1, -0.05) is 0 Å². The van der Waals surface area contributed by atoms with Crippen molar-refractivity contribution in [1.82, 2.24) is 3.53 Å². The quantitative estimate of drug-likeness (QED) is 0.480. The van der Waals surface area contributed by atoms with Gasteiger partial charge in [0, 0.05) is 0 Å². The molecule has 1 unspecified atom stereocenters. The van der Waals surface area contributed by atoms with Gasteiger partial charge < -0.3 is 0 Å². The molecular weight excluding hydrogens is 205 g/mol. The van der Waals surface area contributed by atoms with Crippen LogP contribution in [0.5, 0.6) is 0 Å². The number of nitrogens with one attached hydrogen (secondary N) is 1. The van der Waals surface area contributed by atoms with Gasteiger partial charge in [0.25, 0.3) is 0 Å². The van der Waals surface area contributed by atoms with Gasteiger partial charge in [-0.25, -0.2) is 0 Å². The van der Waals surface area contributed by atoms with E-state index in [-0.39, 0.29) is 0 Å². The number of halogens is 1. The first-order chi connectivity index (χ1) is 3.39. The average Bonchev–Trinajstić information content (AvgIpc) is 1.69. The SMILES string of the molecule is O=[IH]1C=CC=CN1. The average molecular weight is 211 g/mol. The van der Waals surface area contributed by atoms with Crippen molar-refractivity contribution in [3.8, 4) is 0 Å². The second kappa shape index (κ2) is 2.20. The number of hydrogen-bond donors (Lipinski definition) is 1. The molecule has 2 nitrogen and oxygen atoms in total. The fraction of sp³-hybridized carbons (Fsp3) is 0. The minimum atomic E-state index is -2.12. The van der Waals surface area contributed by atoms with E-state index in [0.717, 1.165) is 0 Å². The van der Waals surface area contributed by atoms with Crippen LogP contribution in [0.15, 0.2) is 22.4 Å². The summed E-state index contributed by atoms with van der Waals surface area (Å²) in [4.78, 5) is 0. The summed E-state index contributed by atoms with van der Waals surface area (Å²) in [6.07, 6.45) is 5.35. The molecule has 0 amide bonds. The standard InChI is InChI=1S/C4H6INO/c7-5-3-1-2-4-6-5/h1-5H,(H,6,7). The molecule has 3 heteroatoms. The van der Waals surface area contributed by atoms with Crippen molar-refractivity contribution in [3.05, 3.63) is 22.4 Å². The van der Waals surface area contributed by atoms with Gasteiger partial charge in [-0.05, 0) is 0 Å². The van der Waals surface area contributed by atoms with Gasteiger partial charge >= 0.3 is 49.1 Å². The summed E-state index contributed by atoms with van der Waals surface area (Å²) >= 11 is -2.12. The van der Waals surface area contributed by atoms with Gasteiger partial charge in [0.05, 0.1) is 0 Å². The van der Waals surface area contributed by atoms with E-state index in [0.29, 0.717) is 0 Å². The maximum atomic E-state index is 10.5. The molecule has 0 fully saturated rings. The number of rotatable bonds is 0. The topological polar surface area (TPSA) is 29.1 Å². The molecule has 0 aliphatic carbocycles. The van der Waals surface area contributed by atoms with Crippen molar-refractivity contribution >= 4 is 20.1 Å². The summed E-state index contributed by atoms with van der Waals surface area (Å²) < 4.78 is 14.9. The molecule has 1 atom stereocenters. The molecule has 0 spiro atoms. The molecule has 0 aromatic carbocycles. The summed E-state index contributed by atoms with van der Waals surface area (Å²) in [6, 6.07) is 0. The Morgan fingerprint density at radius 2 is 2.29 bits per heavy atom. The molecule has 1 heterocycles. The Hall–Kier alpha value is -0.190. The van der Waals surface area contributed by atoms with E-state index < -0.39 is 20.1 Å². The van der Waals surface area contributed by atoms with E-state index in [9.17, 15) is 3.07 Å². The Labute approximate surface area is 49.4 Å². The van der Waals surface area contributed by atoms with Gasteiger partial charge in [0.2, 0.25) is 0 Å². The van der Waals surface area contributed by atoms with Gasteiger partial charge in [-0.15, -0.1) is 0 Å². The summed E-state index contributed by atoms with van der Waals surface area (Å²) in [5, 5.41) is 0. The molecule has 7 heavy (non-hydrogen) atoms. The molecule has 40 valence electrons. The molecule has 1 N–H and O–H groups in total. The van der Waals surface area contributed by atoms with E-state index >= 15 is 0 Å². The van der Waals surface area contributed by atoms with Crippen molar-refractivity contribution in [2.24, 2.45) is 0 Å². The van der Waals surface area contributed by atoms with Crippen LogP contribution in [0.3, 0.4) is 0 Å². The summed E-state index contributed by atoms with van der Waals surface area (Å²) in [7, 11) is 0. The summed E-state index contributed by atoms with van der Waals surface area (Å²) in [6.45, 7) is 0. The Bertz CT molecular complexity index is 139. The van der Waals surface area contributed by atoms with Gasteiger partial charge in [0.15, 0.2) is 0 Å². The molecule has 0 saturated carbocycles. The fourth-order valence-electron chi connectivity index (χ4n) is 0.318. The van der Waals surface area contributed by atoms with Crippen molar-refractivity contribution in [3.63, 3.8) is 0 Å². The van der Waals surface area contributed by atoms with Crippen molar-refractivity contribution in [2.45, 2.75) is 0 Å². The van der Waals surface area contributed by atoms with Crippen molar-refractivity contribution < 1.29 is 3.07 Å². The minimum absolute atomic E-state index is 1.71. The predicted octanol–water partition coefficient (Wildman–Crippen LogP) is 1.12. The van der Waals surface area contributed by atoms with Gasteiger partial charge in [-0.3, -0.25) is 0 Å². The third-order valence-electron chi connectivity index (χ3n) is 0.594. The van der Waals surface area contributed by atoms with Gasteiger partial charge in [-0.2, -0.15) is 0 Å². The van der Waals surface area contributed by atoms with Crippen LogP contribution < -0.4 is 3.53 Å². The monoisotopic (exact) mass is 211 g/mol. The van der Waals surface area contributed by atoms with Gasteiger partial charge in [0.1, 0.15) is 0 Å². The second-order valence-corrected chi connectivity index (χ2v) is 4.25. The van der Waals surface area contributed by atoms with Crippen LogP contribution in [0, 0.1) is 0 Å². The van der Waals surface area contributed by atoms with E-state index in [1.807, 2.05) is 6.08 Å². The molecule has 0 radical (unpaired) electrons. The maximum absolute atomic E-state index is 10.5. The van der Waals surface area contributed by atoms with Crippen LogP contribution in [0.4, 0.5) is 0 Å². The van der Waals surface area contributed by atoms with Crippen LogP contribution in [0.2, 0.25) is 0 Å². The van der Waals surface area contributed by atoms with E-state index in [4.69, 9.17) is 0 Å². The summed E-state index contributed by atoms with van der Waals surface area (Å²) in [5.74, 6) is 0. The zero-order valence-corrected chi connectivity index (χ0v) is 5.96. The third kappa shape index (κ3) is 1.38. The molecule has 0 aromatic heterocycles. The fourth-order valence-corrected chi connectivity index (χ4v) is 1.82. The Morgan fingerprint density at radius 3 is 2.57 bits per heavy atom. The van der Waals surface area contributed by atoms with Crippen LogP contribution in [-0.4, -0.2) is 0 Å². The van der Waals surface area contributed by atoms with Crippen LogP contribution in [0.1, 0.15) is 0 Å². The first-order valence-corrected chi connectivity index (χ1v) is 5.36. The molecule has 1 rings (SSSR count). The molecule has 0 saturated heterocycles. The Balaban J connectivity index is 2.66. The van der Waals surface area contributed by atoms with E-state index in [1.165, 1.54) is 0 Å². The third-order valence-corrected chi connectivity index (χ3v) is 2.80. The zero-order chi connectivity index (χ0) is 5.11. The molecule has 1 aliphatic rings. The first-order valence-electron chi connectivity index (χ1n) is 1.90. The number of hydrogen-bond acceptors (Lipinski definition) is 1. The second-order valence-electron chi connectivity index (χ2n) is 1.10. The van der Waals surface area contributed by atoms with E-state index in [1.54, 1.807) is 16.4 Å². The van der Waals surface area contributed by atoms with E-state index in [2.05, 4.69) is 3.53 Å². The molecule has 1 aliphatic heterocycles. The Kier molecular flexibility index (Phi) is 1.56. The van der Waals surface area contributed by atoms with Crippen LogP contribution in [-0.2, 0) is 3.07 Å². The molecular formula is C4H6INO. The van der Waals surface area contributed by atoms with Crippen LogP contribution >= 0.6 is 20.1 Å². The number of allylic oxidation sites excluding steroid dienone is 2. The predicted molar refractivity (Wildman–Crippen MR) is 37.5 cm³/mol. The van der Waals surface area contributed by atoms with Crippen molar-refractivity contribution in [2.75, 3.05) is 0 Å². The normalized spacial score (nSPS) is 32.3. The molecule has 0 aromatic rings. The molecule has 0 bridgehead atoms. The Morgan fingerprint density at radius 1 is 1.43 bits per heavy atom. The van der Waals surface area contributed by atoms with Crippen LogP contribution in [0.25, 0.3) is 0 Å². The first kappa shape index (κ1) is 4.96. The summed E-state index contributed by atoms with van der Waals surface area (Å²) in [5.41, 5.74) is 0. The van der Waals surface area contributed by atoms with Crippen molar-refractivity contribution in [1.29, 1.82) is 0 Å².